The van der Waals surface area contributed by atoms with Gasteiger partial charge in [-0.3, -0.25) is 0 Å². The van der Waals surface area contributed by atoms with Gasteiger partial charge in [0.15, 0.2) is 11.5 Å². The van der Waals surface area contributed by atoms with Crippen LogP contribution < -0.4 is 15.0 Å². The van der Waals surface area contributed by atoms with Crippen molar-refractivity contribution in [1.82, 2.24) is 5.48 Å². The van der Waals surface area contributed by atoms with Crippen LogP contribution >= 0.6 is 0 Å². The lowest BCUT2D eigenvalue weighted by Crippen LogP contribution is -2.10. The van der Waals surface area contributed by atoms with Gasteiger partial charge in [0.25, 0.3) is 0 Å². The van der Waals surface area contributed by atoms with Crippen molar-refractivity contribution in [1.29, 1.82) is 0 Å². The lowest BCUT2D eigenvalue weighted by molar-refractivity contribution is 0.0866. The van der Waals surface area contributed by atoms with Crippen LogP contribution in [0.1, 0.15) is 12.5 Å². The average molecular weight is 211 g/mol. The highest BCUT2D eigenvalue weighted by Crippen LogP contribution is 2.27. The Morgan fingerprint density at radius 3 is 2.60 bits per heavy atom. The molecule has 0 unspecified atom stereocenters. The van der Waals surface area contributed by atoms with E-state index < -0.39 is 0 Å². The quantitative estimate of drug-likeness (QED) is 0.728. The second kappa shape index (κ2) is 6.27. The second-order valence-corrected chi connectivity index (χ2v) is 2.94. The van der Waals surface area contributed by atoms with E-state index >= 15 is 0 Å². The molecule has 1 rings (SSSR count). The van der Waals surface area contributed by atoms with Gasteiger partial charge < -0.3 is 14.3 Å². The Kier molecular flexibility index (Phi) is 4.93. The number of hydrogen-bond acceptors (Lipinski definition) is 4. The summed E-state index contributed by atoms with van der Waals surface area (Å²) in [5, 5.41) is 0. The maximum atomic E-state index is 5.41. The molecule has 0 saturated carbocycles. The van der Waals surface area contributed by atoms with Crippen LogP contribution in [0.3, 0.4) is 0 Å². The molecular formula is C11H17NO3. The van der Waals surface area contributed by atoms with Crippen LogP contribution in [0, 0.1) is 0 Å². The Morgan fingerprint density at radius 1 is 1.20 bits per heavy atom. The first-order chi connectivity index (χ1) is 7.31. The van der Waals surface area contributed by atoms with Gasteiger partial charge in [0.05, 0.1) is 20.8 Å². The largest absolute Gasteiger partial charge is 0.493 e. The predicted molar refractivity (Wildman–Crippen MR) is 58.0 cm³/mol. The van der Waals surface area contributed by atoms with Crippen LogP contribution in [-0.2, 0) is 11.4 Å². The van der Waals surface area contributed by atoms with E-state index in [2.05, 4.69) is 5.48 Å². The van der Waals surface area contributed by atoms with Crippen molar-refractivity contribution in [3.8, 4) is 11.5 Å². The summed E-state index contributed by atoms with van der Waals surface area (Å²) < 4.78 is 10.6. The van der Waals surface area contributed by atoms with Crippen molar-refractivity contribution >= 4 is 0 Å². The minimum atomic E-state index is 0.631. The molecule has 84 valence electrons. The molecule has 0 amide bonds. The predicted octanol–water partition coefficient (Wildman–Crippen LogP) is 1.74. The fraction of sp³-hybridized carbons (Fsp3) is 0.455. The topological polar surface area (TPSA) is 39.7 Å². The molecule has 0 bridgehead atoms. The summed E-state index contributed by atoms with van der Waals surface area (Å²) in [5.41, 5.74) is 3.85. The highest BCUT2D eigenvalue weighted by atomic mass is 16.6. The van der Waals surface area contributed by atoms with E-state index in [9.17, 15) is 0 Å². The third-order valence-electron chi connectivity index (χ3n) is 1.95. The van der Waals surface area contributed by atoms with Gasteiger partial charge in [-0.25, -0.2) is 0 Å². The monoisotopic (exact) mass is 211 g/mol. The van der Waals surface area contributed by atoms with Gasteiger partial charge in [-0.05, 0) is 24.6 Å². The third kappa shape index (κ3) is 3.42. The maximum Gasteiger partial charge on any atom is 0.161 e. The lowest BCUT2D eigenvalue weighted by atomic mass is 10.2. The van der Waals surface area contributed by atoms with Crippen LogP contribution in [-0.4, -0.2) is 20.8 Å². The van der Waals surface area contributed by atoms with Crippen LogP contribution in [0.15, 0.2) is 18.2 Å². The zero-order valence-electron chi connectivity index (χ0n) is 9.37. The number of methoxy groups -OCH3 is 1. The van der Waals surface area contributed by atoms with E-state index in [-0.39, 0.29) is 0 Å². The molecule has 1 N–H and O–H groups in total. The van der Waals surface area contributed by atoms with E-state index in [1.54, 1.807) is 14.2 Å². The third-order valence-corrected chi connectivity index (χ3v) is 1.95. The second-order valence-electron chi connectivity index (χ2n) is 2.94. The first-order valence-corrected chi connectivity index (χ1v) is 4.87. The minimum Gasteiger partial charge on any atom is -0.493 e. The molecule has 1 aromatic carbocycles. The molecule has 4 heteroatoms. The fourth-order valence-corrected chi connectivity index (χ4v) is 1.25. The van der Waals surface area contributed by atoms with Crippen molar-refractivity contribution < 1.29 is 14.3 Å². The van der Waals surface area contributed by atoms with Gasteiger partial charge in [0.1, 0.15) is 0 Å². The molecule has 0 spiro atoms. The van der Waals surface area contributed by atoms with E-state index in [0.717, 1.165) is 17.1 Å². The smallest absolute Gasteiger partial charge is 0.161 e. The summed E-state index contributed by atoms with van der Waals surface area (Å²) >= 11 is 0. The fourth-order valence-electron chi connectivity index (χ4n) is 1.25. The van der Waals surface area contributed by atoms with Crippen LogP contribution in [0.5, 0.6) is 11.5 Å². The number of nitrogens with one attached hydrogen (secondary N) is 1. The first kappa shape index (κ1) is 11.8. The zero-order chi connectivity index (χ0) is 11.1. The van der Waals surface area contributed by atoms with Crippen molar-refractivity contribution in [2.45, 2.75) is 13.5 Å². The molecule has 0 fully saturated rings. The molecule has 0 aliphatic rings. The van der Waals surface area contributed by atoms with Crippen molar-refractivity contribution in [2.24, 2.45) is 0 Å². The average Bonchev–Trinajstić information content (AvgIpc) is 2.28. The Morgan fingerprint density at radius 2 is 2.00 bits per heavy atom. The standard InChI is InChI=1S/C11H17NO3/c1-4-15-10-6-5-9(8-12-14-3)7-11(10)13-2/h5-7,12H,4,8H2,1-3H3. The first-order valence-electron chi connectivity index (χ1n) is 4.87. The molecule has 15 heavy (non-hydrogen) atoms. The van der Waals surface area contributed by atoms with Crippen LogP contribution in [0.25, 0.3) is 0 Å². The highest BCUT2D eigenvalue weighted by molar-refractivity contribution is 5.42. The Balaban J connectivity index is 2.77. The normalized spacial score (nSPS) is 10.1. The van der Waals surface area contributed by atoms with Gasteiger partial charge in [-0.15, -0.1) is 0 Å². The Labute approximate surface area is 90.1 Å². The molecule has 0 aromatic heterocycles. The summed E-state index contributed by atoms with van der Waals surface area (Å²) in [4.78, 5) is 4.77. The molecule has 0 radical (unpaired) electrons. The molecule has 0 aliphatic heterocycles. The zero-order valence-corrected chi connectivity index (χ0v) is 9.37. The van der Waals surface area contributed by atoms with Gasteiger partial charge in [0.2, 0.25) is 0 Å². The number of rotatable bonds is 6. The number of benzene rings is 1. The summed E-state index contributed by atoms with van der Waals surface area (Å²) in [5.74, 6) is 1.51. The van der Waals surface area contributed by atoms with E-state index in [1.165, 1.54) is 0 Å². The number of hydroxylamine groups is 1. The SMILES string of the molecule is CCOc1ccc(CNOC)cc1OC. The van der Waals surface area contributed by atoms with Gasteiger partial charge in [-0.1, -0.05) is 6.07 Å². The summed E-state index contributed by atoms with van der Waals surface area (Å²) in [6.07, 6.45) is 0. The molecular weight excluding hydrogens is 194 g/mol. The number of hydrogen-bond donors (Lipinski definition) is 1. The highest BCUT2D eigenvalue weighted by Gasteiger charge is 2.04. The van der Waals surface area contributed by atoms with Gasteiger partial charge in [0, 0.05) is 6.54 Å². The Bertz CT molecular complexity index is 302. The molecule has 0 aliphatic carbocycles. The van der Waals surface area contributed by atoms with Gasteiger partial charge >= 0.3 is 0 Å². The van der Waals surface area contributed by atoms with Gasteiger partial charge in [-0.2, -0.15) is 5.48 Å². The summed E-state index contributed by atoms with van der Waals surface area (Å²) in [6, 6.07) is 5.80. The lowest BCUT2D eigenvalue weighted by Gasteiger charge is -2.10. The van der Waals surface area contributed by atoms with E-state index in [0.29, 0.717) is 13.2 Å². The van der Waals surface area contributed by atoms with Crippen molar-refractivity contribution in [3.63, 3.8) is 0 Å². The molecule has 1 aromatic rings. The van der Waals surface area contributed by atoms with E-state index in [1.807, 2.05) is 25.1 Å². The van der Waals surface area contributed by atoms with Crippen molar-refractivity contribution in [2.75, 3.05) is 20.8 Å². The minimum absolute atomic E-state index is 0.631. The van der Waals surface area contributed by atoms with E-state index in [4.69, 9.17) is 14.3 Å². The Hall–Kier alpha value is -1.26. The number of ether oxygens (including phenoxy) is 2. The molecule has 4 nitrogen and oxygen atoms in total. The van der Waals surface area contributed by atoms with Crippen LogP contribution in [0.2, 0.25) is 0 Å². The maximum absolute atomic E-state index is 5.41. The molecule has 0 saturated heterocycles. The van der Waals surface area contributed by atoms with Crippen molar-refractivity contribution in [3.05, 3.63) is 23.8 Å². The summed E-state index contributed by atoms with van der Waals surface area (Å²) in [7, 11) is 3.22. The summed E-state index contributed by atoms with van der Waals surface area (Å²) in [6.45, 7) is 3.21. The molecule has 0 heterocycles. The van der Waals surface area contributed by atoms with Crippen LogP contribution in [0.4, 0.5) is 0 Å². The molecule has 0 atom stereocenters.